The molecule has 2 amide bonds. The molecule has 32 heavy (non-hydrogen) atoms. The molecule has 3 aromatic rings. The zero-order valence-corrected chi connectivity index (χ0v) is 17.8. The number of nitrogen functional groups attached to an aromatic ring is 1. The van der Waals surface area contributed by atoms with Crippen LogP contribution >= 0.6 is 0 Å². The van der Waals surface area contributed by atoms with Crippen molar-refractivity contribution in [3.8, 4) is 11.4 Å². The van der Waals surface area contributed by atoms with Crippen molar-refractivity contribution in [1.82, 2.24) is 15.1 Å². The third-order valence-corrected chi connectivity index (χ3v) is 4.83. The molecule has 1 heterocycles. The summed E-state index contributed by atoms with van der Waals surface area (Å²) >= 11 is 0. The van der Waals surface area contributed by atoms with Crippen LogP contribution in [0.15, 0.2) is 36.4 Å². The molecular weight excluding hydrogens is 420 g/mol. The Labute approximate surface area is 183 Å². The van der Waals surface area contributed by atoms with E-state index in [1.165, 1.54) is 31.4 Å². The predicted octanol–water partition coefficient (Wildman–Crippen LogP) is 2.89. The van der Waals surface area contributed by atoms with Gasteiger partial charge in [0.1, 0.15) is 23.1 Å². The maximum Gasteiger partial charge on any atom is 0.269 e. The van der Waals surface area contributed by atoms with Crippen LogP contribution in [0.4, 0.5) is 14.5 Å². The van der Waals surface area contributed by atoms with E-state index in [1.807, 2.05) is 13.8 Å². The fourth-order valence-corrected chi connectivity index (χ4v) is 3.25. The Hall–Kier alpha value is -3.95. The van der Waals surface area contributed by atoms with E-state index in [2.05, 4.69) is 10.4 Å². The van der Waals surface area contributed by atoms with Crippen LogP contribution in [0.25, 0.3) is 5.69 Å². The van der Waals surface area contributed by atoms with E-state index in [4.69, 9.17) is 16.2 Å². The molecule has 3 rings (SSSR count). The van der Waals surface area contributed by atoms with Crippen LogP contribution in [0.1, 0.15) is 51.9 Å². The predicted molar refractivity (Wildman–Crippen MR) is 115 cm³/mol. The SMILES string of the molecule is COc1ccc(F)cc1C(=O)NCc1ccc(-n2nc(C(C)C)c(N)c2C(N)=O)c(F)c1. The molecule has 0 spiro atoms. The van der Waals surface area contributed by atoms with Crippen LogP contribution in [0.5, 0.6) is 5.75 Å². The van der Waals surface area contributed by atoms with Crippen molar-refractivity contribution in [2.45, 2.75) is 26.3 Å². The van der Waals surface area contributed by atoms with Gasteiger partial charge in [-0.05, 0) is 41.8 Å². The summed E-state index contributed by atoms with van der Waals surface area (Å²) in [6.45, 7) is 3.64. The Morgan fingerprint density at radius 1 is 1.19 bits per heavy atom. The number of methoxy groups -OCH3 is 1. The number of primary amides is 1. The summed E-state index contributed by atoms with van der Waals surface area (Å²) in [7, 11) is 1.37. The summed E-state index contributed by atoms with van der Waals surface area (Å²) in [5, 5.41) is 6.86. The van der Waals surface area contributed by atoms with Crippen LogP contribution < -0.4 is 21.5 Å². The summed E-state index contributed by atoms with van der Waals surface area (Å²) in [4.78, 5) is 24.3. The van der Waals surface area contributed by atoms with Gasteiger partial charge in [0.2, 0.25) is 0 Å². The van der Waals surface area contributed by atoms with Crippen molar-refractivity contribution >= 4 is 17.5 Å². The minimum absolute atomic E-state index is 0.0146. The number of nitrogens with one attached hydrogen (secondary N) is 1. The fraction of sp³-hybridized carbons (Fsp3) is 0.227. The number of carbonyl (C=O) groups is 2. The number of carbonyl (C=O) groups excluding carboxylic acids is 2. The number of benzene rings is 2. The van der Waals surface area contributed by atoms with Crippen molar-refractivity contribution < 1.29 is 23.1 Å². The van der Waals surface area contributed by atoms with Gasteiger partial charge in [0.25, 0.3) is 11.8 Å². The molecule has 168 valence electrons. The molecule has 0 saturated carbocycles. The van der Waals surface area contributed by atoms with Gasteiger partial charge in [0.15, 0.2) is 5.69 Å². The molecule has 0 aliphatic heterocycles. The number of ether oxygens (including phenoxy) is 1. The van der Waals surface area contributed by atoms with Gasteiger partial charge < -0.3 is 21.5 Å². The maximum atomic E-state index is 14.9. The number of anilines is 1. The molecule has 0 unspecified atom stereocenters. The number of hydrogen-bond donors (Lipinski definition) is 3. The zero-order valence-electron chi connectivity index (χ0n) is 17.8. The third kappa shape index (κ3) is 4.39. The Bertz CT molecular complexity index is 1190. The second-order valence-corrected chi connectivity index (χ2v) is 7.39. The van der Waals surface area contributed by atoms with Gasteiger partial charge in [-0.25, -0.2) is 13.5 Å². The number of rotatable bonds is 7. The number of hydrogen-bond acceptors (Lipinski definition) is 5. The van der Waals surface area contributed by atoms with Gasteiger partial charge in [-0.2, -0.15) is 5.10 Å². The summed E-state index contributed by atoms with van der Waals surface area (Å²) in [5.74, 6) is -2.59. The van der Waals surface area contributed by atoms with E-state index in [0.29, 0.717) is 11.3 Å². The van der Waals surface area contributed by atoms with E-state index in [1.54, 1.807) is 6.07 Å². The second kappa shape index (κ2) is 9.04. The Morgan fingerprint density at radius 3 is 2.50 bits per heavy atom. The minimum atomic E-state index is -0.832. The lowest BCUT2D eigenvalue weighted by Gasteiger charge is -2.11. The highest BCUT2D eigenvalue weighted by atomic mass is 19.1. The summed E-state index contributed by atoms with van der Waals surface area (Å²) < 4.78 is 34.6. The van der Waals surface area contributed by atoms with Crippen molar-refractivity contribution in [3.63, 3.8) is 0 Å². The molecular formula is C22H23F2N5O3. The third-order valence-electron chi connectivity index (χ3n) is 4.83. The molecule has 8 nitrogen and oxygen atoms in total. The molecule has 0 bridgehead atoms. The van der Waals surface area contributed by atoms with E-state index in [-0.39, 0.29) is 40.8 Å². The average Bonchev–Trinajstić information content (AvgIpc) is 3.09. The van der Waals surface area contributed by atoms with Gasteiger partial charge in [0, 0.05) is 6.54 Å². The van der Waals surface area contributed by atoms with Crippen LogP contribution in [-0.2, 0) is 6.54 Å². The van der Waals surface area contributed by atoms with Crippen molar-refractivity contribution in [2.24, 2.45) is 5.73 Å². The first-order valence-electron chi connectivity index (χ1n) is 9.72. The van der Waals surface area contributed by atoms with Crippen LogP contribution in [0, 0.1) is 11.6 Å². The monoisotopic (exact) mass is 443 g/mol. The summed E-state index contributed by atoms with van der Waals surface area (Å²) in [6, 6.07) is 7.72. The van der Waals surface area contributed by atoms with Crippen molar-refractivity contribution in [3.05, 3.63) is 70.5 Å². The number of amides is 2. The summed E-state index contributed by atoms with van der Waals surface area (Å²) in [5.41, 5.74) is 12.3. The normalized spacial score (nSPS) is 10.9. The highest BCUT2D eigenvalue weighted by molar-refractivity contribution is 5.98. The molecule has 0 fully saturated rings. The lowest BCUT2D eigenvalue weighted by molar-refractivity contribution is 0.0945. The van der Waals surface area contributed by atoms with Gasteiger partial charge in [-0.1, -0.05) is 19.9 Å². The van der Waals surface area contributed by atoms with Crippen molar-refractivity contribution in [1.29, 1.82) is 0 Å². The Balaban J connectivity index is 1.86. The van der Waals surface area contributed by atoms with E-state index >= 15 is 0 Å². The van der Waals surface area contributed by atoms with Gasteiger partial charge >= 0.3 is 0 Å². The summed E-state index contributed by atoms with van der Waals surface area (Å²) in [6.07, 6.45) is 0. The average molecular weight is 443 g/mol. The molecule has 0 radical (unpaired) electrons. The first-order chi connectivity index (χ1) is 15.1. The molecule has 1 aromatic heterocycles. The van der Waals surface area contributed by atoms with Gasteiger partial charge in [-0.15, -0.1) is 0 Å². The second-order valence-electron chi connectivity index (χ2n) is 7.39. The molecule has 2 aromatic carbocycles. The number of nitrogens with two attached hydrogens (primary N) is 2. The molecule has 0 atom stereocenters. The van der Waals surface area contributed by atoms with Crippen molar-refractivity contribution in [2.75, 3.05) is 12.8 Å². The Kier molecular flexibility index (Phi) is 6.42. The zero-order chi connectivity index (χ0) is 23.6. The Morgan fingerprint density at radius 2 is 1.91 bits per heavy atom. The largest absolute Gasteiger partial charge is 0.496 e. The molecule has 10 heteroatoms. The molecule has 0 saturated heterocycles. The van der Waals surface area contributed by atoms with Crippen LogP contribution in [0.3, 0.4) is 0 Å². The van der Waals surface area contributed by atoms with Crippen LogP contribution in [0.2, 0.25) is 0 Å². The maximum absolute atomic E-state index is 14.9. The highest BCUT2D eigenvalue weighted by Crippen LogP contribution is 2.28. The van der Waals surface area contributed by atoms with E-state index < -0.39 is 23.4 Å². The lowest BCUT2D eigenvalue weighted by atomic mass is 10.1. The van der Waals surface area contributed by atoms with Crippen LogP contribution in [-0.4, -0.2) is 28.7 Å². The van der Waals surface area contributed by atoms with Gasteiger partial charge in [0.05, 0.1) is 24.1 Å². The van der Waals surface area contributed by atoms with E-state index in [9.17, 15) is 18.4 Å². The first-order valence-corrected chi connectivity index (χ1v) is 9.72. The molecule has 0 aliphatic rings. The number of aromatic nitrogens is 2. The van der Waals surface area contributed by atoms with E-state index in [0.717, 1.165) is 10.7 Å². The molecule has 0 aliphatic carbocycles. The first kappa shape index (κ1) is 22.7. The standard InChI is InChI=1S/C22H23F2N5O3/c1-11(2)19-18(25)20(21(26)30)29(28-19)16-6-4-12(8-15(16)24)10-27-22(31)14-9-13(23)5-7-17(14)32-3/h4-9,11H,10,25H2,1-3H3,(H2,26,30)(H,27,31). The molecule has 5 N–H and O–H groups in total. The number of halogens is 2. The minimum Gasteiger partial charge on any atom is -0.496 e. The fourth-order valence-electron chi connectivity index (χ4n) is 3.25. The smallest absolute Gasteiger partial charge is 0.269 e. The number of nitrogens with zero attached hydrogens (tertiary/aromatic N) is 2. The topological polar surface area (TPSA) is 125 Å². The lowest BCUT2D eigenvalue weighted by Crippen LogP contribution is -2.23. The quantitative estimate of drug-likeness (QED) is 0.518. The highest BCUT2D eigenvalue weighted by Gasteiger charge is 2.24. The van der Waals surface area contributed by atoms with Gasteiger partial charge in [-0.3, -0.25) is 9.59 Å².